The lowest BCUT2D eigenvalue weighted by Crippen LogP contribution is -2.32. The lowest BCUT2D eigenvalue weighted by molar-refractivity contribution is -0.108. The van der Waals surface area contributed by atoms with Gasteiger partial charge in [0, 0.05) is 13.0 Å². The van der Waals surface area contributed by atoms with E-state index in [-0.39, 0.29) is 13.0 Å². The Morgan fingerprint density at radius 1 is 1.27 bits per heavy atom. The molecule has 3 N–H and O–H groups in total. The number of aldehydes is 1. The molecule has 1 fully saturated rings. The first-order valence-corrected chi connectivity index (χ1v) is 5.18. The highest BCUT2D eigenvalue weighted by Gasteiger charge is 2.25. The number of aliphatic hydroxyl groups excluding tert-OH is 3. The molecule has 0 aliphatic heterocycles. The van der Waals surface area contributed by atoms with Crippen LogP contribution >= 0.6 is 0 Å². The molecule has 4 nitrogen and oxygen atoms in total. The first kappa shape index (κ1) is 14.3. The molecule has 88 valence electrons. The summed E-state index contributed by atoms with van der Waals surface area (Å²) >= 11 is 0. The lowest BCUT2D eigenvalue weighted by atomic mass is 9.86. The van der Waals surface area contributed by atoms with Crippen LogP contribution in [0.3, 0.4) is 0 Å². The molecular formula is C11H20O4. The van der Waals surface area contributed by atoms with E-state index < -0.39 is 12.2 Å². The molecule has 0 saturated heterocycles. The Labute approximate surface area is 90.2 Å². The number of rotatable bonds is 3. The average Bonchev–Trinajstić information content (AvgIpc) is 2.24. The molecule has 1 aliphatic carbocycles. The van der Waals surface area contributed by atoms with E-state index in [0.717, 1.165) is 6.42 Å². The molecular weight excluding hydrogens is 196 g/mol. The molecule has 0 bridgehead atoms. The highest BCUT2D eigenvalue weighted by molar-refractivity contribution is 5.49. The third-order valence-electron chi connectivity index (χ3n) is 2.40. The Kier molecular flexibility index (Phi) is 8.18. The van der Waals surface area contributed by atoms with Gasteiger partial charge in [-0.3, -0.25) is 0 Å². The second-order valence-electron chi connectivity index (χ2n) is 3.62. The smallest absolute Gasteiger partial charge is 0.122 e. The highest BCUT2D eigenvalue weighted by atomic mass is 16.3. The van der Waals surface area contributed by atoms with Crippen molar-refractivity contribution >= 4 is 6.29 Å². The molecule has 15 heavy (non-hydrogen) atoms. The Balaban J connectivity index is 0.000000336. The van der Waals surface area contributed by atoms with Gasteiger partial charge in [0.05, 0.1) is 12.2 Å². The van der Waals surface area contributed by atoms with Crippen LogP contribution in [-0.4, -0.2) is 40.4 Å². The minimum absolute atomic E-state index is 0.0243. The Bertz CT molecular complexity index is 181. The van der Waals surface area contributed by atoms with Gasteiger partial charge in [-0.25, -0.2) is 0 Å². The van der Waals surface area contributed by atoms with Gasteiger partial charge in [-0.2, -0.15) is 0 Å². The van der Waals surface area contributed by atoms with Crippen molar-refractivity contribution in [3.05, 3.63) is 12.7 Å². The van der Waals surface area contributed by atoms with Crippen LogP contribution in [0.25, 0.3) is 0 Å². The van der Waals surface area contributed by atoms with E-state index in [1.807, 2.05) is 6.08 Å². The summed E-state index contributed by atoms with van der Waals surface area (Å²) in [5.74, 6) is 0.401. The predicted octanol–water partition coefficient (Wildman–Crippen LogP) is 0.262. The molecule has 0 radical (unpaired) electrons. The summed E-state index contributed by atoms with van der Waals surface area (Å²) in [4.78, 5) is 9.24. The van der Waals surface area contributed by atoms with Crippen LogP contribution < -0.4 is 0 Å². The van der Waals surface area contributed by atoms with Crippen molar-refractivity contribution in [2.45, 2.75) is 37.9 Å². The SMILES string of the molecule is C=CC1CCC(O)C(O)C1.O=CCCO. The Hall–Kier alpha value is -0.710. The van der Waals surface area contributed by atoms with Gasteiger partial charge in [0.25, 0.3) is 0 Å². The van der Waals surface area contributed by atoms with Gasteiger partial charge >= 0.3 is 0 Å². The molecule has 1 saturated carbocycles. The van der Waals surface area contributed by atoms with Crippen LogP contribution in [0.15, 0.2) is 12.7 Å². The van der Waals surface area contributed by atoms with Gasteiger partial charge < -0.3 is 20.1 Å². The van der Waals surface area contributed by atoms with Crippen molar-refractivity contribution in [2.24, 2.45) is 5.92 Å². The lowest BCUT2D eigenvalue weighted by Gasteiger charge is -2.27. The van der Waals surface area contributed by atoms with E-state index in [1.165, 1.54) is 0 Å². The molecule has 0 aromatic rings. The fraction of sp³-hybridized carbons (Fsp3) is 0.727. The van der Waals surface area contributed by atoms with E-state index >= 15 is 0 Å². The van der Waals surface area contributed by atoms with Gasteiger partial charge in [0.15, 0.2) is 0 Å². The van der Waals surface area contributed by atoms with E-state index in [0.29, 0.717) is 25.0 Å². The molecule has 3 atom stereocenters. The molecule has 0 aromatic heterocycles. The zero-order valence-corrected chi connectivity index (χ0v) is 8.88. The fourth-order valence-electron chi connectivity index (χ4n) is 1.43. The topological polar surface area (TPSA) is 77.8 Å². The number of allylic oxidation sites excluding steroid dienone is 1. The number of hydrogen-bond donors (Lipinski definition) is 3. The van der Waals surface area contributed by atoms with Crippen LogP contribution in [0.2, 0.25) is 0 Å². The van der Waals surface area contributed by atoms with Crippen molar-refractivity contribution in [3.8, 4) is 0 Å². The summed E-state index contributed by atoms with van der Waals surface area (Å²) in [6.07, 6.45) is 4.10. The third kappa shape index (κ3) is 6.38. The first-order valence-electron chi connectivity index (χ1n) is 5.18. The zero-order chi connectivity index (χ0) is 11.7. The monoisotopic (exact) mass is 216 g/mol. The van der Waals surface area contributed by atoms with E-state index in [4.69, 9.17) is 10.2 Å². The van der Waals surface area contributed by atoms with Crippen molar-refractivity contribution in [1.29, 1.82) is 0 Å². The zero-order valence-electron chi connectivity index (χ0n) is 8.88. The molecule has 3 unspecified atom stereocenters. The highest BCUT2D eigenvalue weighted by Crippen LogP contribution is 2.24. The van der Waals surface area contributed by atoms with Crippen molar-refractivity contribution in [2.75, 3.05) is 6.61 Å². The van der Waals surface area contributed by atoms with Crippen LogP contribution in [0, 0.1) is 5.92 Å². The number of carbonyl (C=O) groups excluding carboxylic acids is 1. The molecule has 0 amide bonds. The predicted molar refractivity (Wildman–Crippen MR) is 57.3 cm³/mol. The maximum Gasteiger partial charge on any atom is 0.122 e. The van der Waals surface area contributed by atoms with E-state index in [1.54, 1.807) is 0 Å². The second-order valence-corrected chi connectivity index (χ2v) is 3.62. The average molecular weight is 216 g/mol. The maximum atomic E-state index is 9.24. The standard InChI is InChI=1S/C8H14O2.C3H6O2/c1-2-6-3-4-7(9)8(10)5-6;4-2-1-3-5/h2,6-10H,1,3-5H2;2,5H,1,3H2. The van der Waals surface area contributed by atoms with Gasteiger partial charge in [-0.1, -0.05) is 6.08 Å². The first-order chi connectivity index (χ1) is 7.15. The molecule has 4 heteroatoms. The maximum absolute atomic E-state index is 9.24. The van der Waals surface area contributed by atoms with E-state index in [9.17, 15) is 9.90 Å². The minimum Gasteiger partial charge on any atom is -0.396 e. The summed E-state index contributed by atoms with van der Waals surface area (Å²) in [6, 6.07) is 0. The van der Waals surface area contributed by atoms with Crippen LogP contribution in [0.4, 0.5) is 0 Å². The van der Waals surface area contributed by atoms with Crippen molar-refractivity contribution < 1.29 is 20.1 Å². The largest absolute Gasteiger partial charge is 0.396 e. The molecule has 0 aromatic carbocycles. The summed E-state index contributed by atoms with van der Waals surface area (Å²) < 4.78 is 0. The van der Waals surface area contributed by atoms with Gasteiger partial charge in [-0.15, -0.1) is 6.58 Å². The second kappa shape index (κ2) is 8.59. The van der Waals surface area contributed by atoms with Crippen molar-refractivity contribution in [1.82, 2.24) is 0 Å². The van der Waals surface area contributed by atoms with Crippen LogP contribution in [0.1, 0.15) is 25.7 Å². The minimum atomic E-state index is -0.531. The molecule has 1 rings (SSSR count). The summed E-state index contributed by atoms with van der Waals surface area (Å²) in [6.45, 7) is 3.63. The summed E-state index contributed by atoms with van der Waals surface area (Å²) in [7, 11) is 0. The Morgan fingerprint density at radius 2 is 1.93 bits per heavy atom. The number of hydrogen-bond acceptors (Lipinski definition) is 4. The third-order valence-corrected chi connectivity index (χ3v) is 2.40. The van der Waals surface area contributed by atoms with Gasteiger partial charge in [-0.05, 0) is 25.2 Å². The van der Waals surface area contributed by atoms with Crippen LogP contribution in [0.5, 0.6) is 0 Å². The van der Waals surface area contributed by atoms with Crippen LogP contribution in [-0.2, 0) is 4.79 Å². The fourth-order valence-corrected chi connectivity index (χ4v) is 1.43. The van der Waals surface area contributed by atoms with E-state index in [2.05, 4.69) is 6.58 Å². The quantitative estimate of drug-likeness (QED) is 0.467. The van der Waals surface area contributed by atoms with Gasteiger partial charge in [0.1, 0.15) is 6.29 Å². The number of aliphatic hydroxyl groups is 3. The van der Waals surface area contributed by atoms with Crippen molar-refractivity contribution in [3.63, 3.8) is 0 Å². The molecule has 1 aliphatic rings. The Morgan fingerprint density at radius 3 is 2.27 bits per heavy atom. The summed E-state index contributed by atoms with van der Waals surface area (Å²) in [5.41, 5.74) is 0. The summed E-state index contributed by atoms with van der Waals surface area (Å²) in [5, 5.41) is 26.1. The normalized spacial score (nSPS) is 29.9. The number of carbonyl (C=O) groups is 1. The molecule has 0 heterocycles. The van der Waals surface area contributed by atoms with Gasteiger partial charge in [0.2, 0.25) is 0 Å². The molecule has 0 spiro atoms.